The Hall–Kier alpha value is -2.64. The van der Waals surface area contributed by atoms with E-state index >= 15 is 0 Å². The van der Waals surface area contributed by atoms with E-state index in [1.807, 2.05) is 0 Å². The molecule has 0 unspecified atom stereocenters. The lowest BCUT2D eigenvalue weighted by molar-refractivity contribution is -0.387. The predicted octanol–water partition coefficient (Wildman–Crippen LogP) is 1.93. The van der Waals surface area contributed by atoms with E-state index in [-0.39, 0.29) is 11.5 Å². The summed E-state index contributed by atoms with van der Waals surface area (Å²) in [5.41, 5.74) is -1.98. The number of hydrogen-bond donors (Lipinski definition) is 1. The number of nitro benzene ring substituents is 1. The van der Waals surface area contributed by atoms with Gasteiger partial charge in [0.05, 0.1) is 10.5 Å². The number of hydrogen-bond acceptors (Lipinski definition) is 4. The lowest BCUT2D eigenvalue weighted by Crippen LogP contribution is -2.10. The van der Waals surface area contributed by atoms with E-state index in [4.69, 9.17) is 0 Å². The molecule has 8 heteroatoms. The van der Waals surface area contributed by atoms with Crippen molar-refractivity contribution in [3.05, 3.63) is 56.0 Å². The Balaban J connectivity index is 2.77. The maximum absolute atomic E-state index is 13.9. The average Bonchev–Trinajstić information content (AvgIpc) is 2.26. The first-order valence-electron chi connectivity index (χ1n) is 5.11. The molecule has 0 aliphatic rings. The van der Waals surface area contributed by atoms with Crippen molar-refractivity contribution in [2.75, 3.05) is 0 Å². The van der Waals surface area contributed by atoms with E-state index in [2.05, 4.69) is 9.97 Å². The van der Waals surface area contributed by atoms with Crippen LogP contribution in [-0.4, -0.2) is 14.9 Å². The van der Waals surface area contributed by atoms with Gasteiger partial charge < -0.3 is 4.98 Å². The van der Waals surface area contributed by atoms with Crippen LogP contribution < -0.4 is 5.56 Å². The van der Waals surface area contributed by atoms with E-state index in [1.54, 1.807) is 0 Å². The van der Waals surface area contributed by atoms with Gasteiger partial charge in [0.25, 0.3) is 5.56 Å². The van der Waals surface area contributed by atoms with Crippen LogP contribution in [0.25, 0.3) is 11.4 Å². The Morgan fingerprint density at radius 3 is 2.63 bits per heavy atom. The first-order chi connectivity index (χ1) is 8.90. The zero-order chi connectivity index (χ0) is 14.2. The summed E-state index contributed by atoms with van der Waals surface area (Å²) in [7, 11) is 0. The lowest BCUT2D eigenvalue weighted by Gasteiger charge is -2.05. The van der Waals surface area contributed by atoms with Crippen LogP contribution in [0.15, 0.2) is 23.0 Å². The largest absolute Gasteiger partial charge is 0.306 e. The van der Waals surface area contributed by atoms with Gasteiger partial charge in [0.1, 0.15) is 11.6 Å². The fourth-order valence-corrected chi connectivity index (χ4v) is 1.60. The molecule has 0 radical (unpaired) electrons. The predicted molar refractivity (Wildman–Crippen MR) is 61.6 cm³/mol. The maximum atomic E-state index is 13.9. The molecule has 0 aliphatic heterocycles. The third-order valence-electron chi connectivity index (χ3n) is 2.37. The molecule has 1 aromatic carbocycles. The van der Waals surface area contributed by atoms with Crippen molar-refractivity contribution in [3.63, 3.8) is 0 Å². The third kappa shape index (κ3) is 2.32. The van der Waals surface area contributed by atoms with Gasteiger partial charge in [0.15, 0.2) is 0 Å². The van der Waals surface area contributed by atoms with Crippen molar-refractivity contribution in [2.45, 2.75) is 6.92 Å². The normalized spacial score (nSPS) is 10.5. The highest BCUT2D eigenvalue weighted by molar-refractivity contribution is 5.61. The van der Waals surface area contributed by atoms with E-state index in [0.29, 0.717) is 6.07 Å². The molecule has 2 rings (SSSR count). The van der Waals surface area contributed by atoms with E-state index in [0.717, 1.165) is 12.1 Å². The zero-order valence-electron chi connectivity index (χ0n) is 9.61. The molecule has 6 nitrogen and oxygen atoms in total. The second-order valence-corrected chi connectivity index (χ2v) is 3.75. The van der Waals surface area contributed by atoms with Crippen LogP contribution in [0, 0.1) is 28.7 Å². The Kier molecular flexibility index (Phi) is 3.07. The number of aromatic amines is 1. The number of benzene rings is 1. The quantitative estimate of drug-likeness (QED) is 0.665. The molecule has 19 heavy (non-hydrogen) atoms. The van der Waals surface area contributed by atoms with Crippen molar-refractivity contribution >= 4 is 5.69 Å². The molecule has 2 aromatic rings. The third-order valence-corrected chi connectivity index (χ3v) is 2.37. The van der Waals surface area contributed by atoms with Crippen LogP contribution in [0.3, 0.4) is 0 Å². The van der Waals surface area contributed by atoms with Crippen LogP contribution in [0.2, 0.25) is 0 Å². The summed E-state index contributed by atoms with van der Waals surface area (Å²) < 4.78 is 27.5. The first kappa shape index (κ1) is 12.8. The number of aryl methyl sites for hydroxylation is 1. The van der Waals surface area contributed by atoms with Gasteiger partial charge in [-0.15, -0.1) is 0 Å². The molecule has 0 fully saturated rings. The summed E-state index contributed by atoms with van der Waals surface area (Å²) in [6.07, 6.45) is 0. The molecule has 0 atom stereocenters. The highest BCUT2D eigenvalue weighted by Crippen LogP contribution is 2.29. The monoisotopic (exact) mass is 267 g/mol. The molecule has 0 saturated carbocycles. The van der Waals surface area contributed by atoms with Gasteiger partial charge >= 0.3 is 5.69 Å². The highest BCUT2D eigenvalue weighted by Gasteiger charge is 2.24. The molecular formula is C11H7F2N3O3. The number of nitro groups is 1. The zero-order valence-corrected chi connectivity index (χ0v) is 9.61. The SMILES string of the molecule is Cc1cc(=O)[nH]c(-c2c(F)ccc([N+](=O)[O-])c2F)n1. The molecule has 0 aliphatic carbocycles. The molecule has 1 N–H and O–H groups in total. The number of rotatable bonds is 2. The summed E-state index contributed by atoms with van der Waals surface area (Å²) >= 11 is 0. The van der Waals surface area contributed by atoms with Crippen LogP contribution in [0.5, 0.6) is 0 Å². The molecule has 1 aromatic heterocycles. The highest BCUT2D eigenvalue weighted by atomic mass is 19.1. The van der Waals surface area contributed by atoms with Crippen molar-refractivity contribution in [2.24, 2.45) is 0 Å². The van der Waals surface area contributed by atoms with Crippen LogP contribution in [-0.2, 0) is 0 Å². The van der Waals surface area contributed by atoms with Gasteiger partial charge in [-0.1, -0.05) is 0 Å². The summed E-state index contributed by atoms with van der Waals surface area (Å²) in [5, 5.41) is 10.6. The minimum atomic E-state index is -1.38. The Morgan fingerprint density at radius 2 is 2.05 bits per heavy atom. The van der Waals surface area contributed by atoms with Crippen molar-refractivity contribution in [1.29, 1.82) is 0 Å². The smallest absolute Gasteiger partial charge is 0.305 e. The average molecular weight is 267 g/mol. The van der Waals surface area contributed by atoms with Gasteiger partial charge in [-0.05, 0) is 13.0 Å². The standard InChI is InChI=1S/C11H7F2N3O3/c1-5-4-8(17)15-11(14-5)9-6(12)2-3-7(10(9)13)16(18)19/h2-4H,1H3,(H,14,15,17). The molecule has 0 spiro atoms. The van der Waals surface area contributed by atoms with Gasteiger partial charge in [-0.25, -0.2) is 9.37 Å². The van der Waals surface area contributed by atoms with Crippen LogP contribution >= 0.6 is 0 Å². The maximum Gasteiger partial charge on any atom is 0.305 e. The van der Waals surface area contributed by atoms with E-state index < -0.39 is 33.4 Å². The topological polar surface area (TPSA) is 88.9 Å². The minimum Gasteiger partial charge on any atom is -0.306 e. The summed E-state index contributed by atoms with van der Waals surface area (Å²) in [5.74, 6) is -2.81. The number of H-pyrrole nitrogens is 1. The summed E-state index contributed by atoms with van der Waals surface area (Å²) in [6, 6.07) is 2.59. The van der Waals surface area contributed by atoms with Crippen LogP contribution in [0.4, 0.5) is 14.5 Å². The fraction of sp³-hybridized carbons (Fsp3) is 0.0909. The van der Waals surface area contributed by atoms with E-state index in [1.165, 1.54) is 6.92 Å². The summed E-state index contributed by atoms with van der Waals surface area (Å²) in [6.45, 7) is 1.46. The Labute approximate surface area is 104 Å². The Morgan fingerprint density at radius 1 is 1.37 bits per heavy atom. The van der Waals surface area contributed by atoms with Crippen molar-refractivity contribution in [3.8, 4) is 11.4 Å². The molecule has 1 heterocycles. The van der Waals surface area contributed by atoms with Crippen molar-refractivity contribution < 1.29 is 13.7 Å². The van der Waals surface area contributed by atoms with E-state index in [9.17, 15) is 23.7 Å². The van der Waals surface area contributed by atoms with Gasteiger partial charge in [0.2, 0.25) is 5.82 Å². The number of aromatic nitrogens is 2. The number of nitrogens with zero attached hydrogens (tertiary/aromatic N) is 2. The molecular weight excluding hydrogens is 260 g/mol. The lowest BCUT2D eigenvalue weighted by atomic mass is 10.1. The van der Waals surface area contributed by atoms with Gasteiger partial charge in [0, 0.05) is 17.8 Å². The molecule has 98 valence electrons. The molecule has 0 saturated heterocycles. The number of halogens is 2. The second kappa shape index (κ2) is 4.56. The summed E-state index contributed by atoms with van der Waals surface area (Å²) in [4.78, 5) is 26.8. The van der Waals surface area contributed by atoms with Crippen molar-refractivity contribution in [1.82, 2.24) is 9.97 Å². The minimum absolute atomic E-state index is 0.240. The van der Waals surface area contributed by atoms with Gasteiger partial charge in [-0.3, -0.25) is 14.9 Å². The number of nitrogens with one attached hydrogen (secondary N) is 1. The fourth-order valence-electron chi connectivity index (χ4n) is 1.60. The van der Waals surface area contributed by atoms with Gasteiger partial charge in [-0.2, -0.15) is 4.39 Å². The molecule has 0 amide bonds. The Bertz CT molecular complexity index is 728. The second-order valence-electron chi connectivity index (χ2n) is 3.75. The first-order valence-corrected chi connectivity index (χ1v) is 5.11. The molecule has 0 bridgehead atoms. The van der Waals surface area contributed by atoms with Crippen LogP contribution in [0.1, 0.15) is 5.69 Å².